The quantitative estimate of drug-likeness (QED) is 0.760. The first-order valence-corrected chi connectivity index (χ1v) is 8.43. The Morgan fingerprint density at radius 1 is 1.26 bits per heavy atom. The highest BCUT2D eigenvalue weighted by atomic mass is 32.2. The lowest BCUT2D eigenvalue weighted by molar-refractivity contribution is 0.261. The summed E-state index contributed by atoms with van der Waals surface area (Å²) in [6.07, 6.45) is 0.570. The zero-order valence-electron chi connectivity index (χ0n) is 11.5. The number of nitrogens with one attached hydrogen (secondary N) is 1. The van der Waals surface area contributed by atoms with E-state index in [1.807, 2.05) is 37.3 Å². The summed E-state index contributed by atoms with van der Waals surface area (Å²) in [4.78, 5) is 0. The van der Waals surface area contributed by atoms with E-state index in [1.165, 1.54) is 0 Å². The maximum absolute atomic E-state index is 11.6. The molecule has 0 heterocycles. The molecule has 0 aliphatic carbocycles. The topological polar surface area (TPSA) is 66.4 Å². The Morgan fingerprint density at radius 2 is 1.89 bits per heavy atom. The molecule has 0 fully saturated rings. The van der Waals surface area contributed by atoms with Gasteiger partial charge in [-0.05, 0) is 18.9 Å². The molecule has 108 valence electrons. The van der Waals surface area contributed by atoms with Gasteiger partial charge in [-0.1, -0.05) is 37.3 Å². The van der Waals surface area contributed by atoms with Gasteiger partial charge < -0.3 is 10.4 Å². The Morgan fingerprint density at radius 3 is 2.42 bits per heavy atom. The minimum absolute atomic E-state index is 0.0201. The average molecular weight is 285 g/mol. The Kier molecular flexibility index (Phi) is 6.48. The highest BCUT2D eigenvalue weighted by Gasteiger charge is 2.18. The monoisotopic (exact) mass is 285 g/mol. The van der Waals surface area contributed by atoms with Gasteiger partial charge in [-0.25, -0.2) is 8.42 Å². The van der Waals surface area contributed by atoms with E-state index < -0.39 is 9.84 Å². The van der Waals surface area contributed by atoms with Crippen molar-refractivity contribution in [2.24, 2.45) is 0 Å². The van der Waals surface area contributed by atoms with Crippen molar-refractivity contribution >= 4 is 9.84 Å². The highest BCUT2D eigenvalue weighted by Crippen LogP contribution is 2.17. The first-order chi connectivity index (χ1) is 8.98. The summed E-state index contributed by atoms with van der Waals surface area (Å²) in [5.41, 5.74) is 1.07. The Bertz CT molecular complexity index is 459. The molecule has 2 N–H and O–H groups in total. The summed E-state index contributed by atoms with van der Waals surface area (Å²) < 4.78 is 23.2. The van der Waals surface area contributed by atoms with Gasteiger partial charge in [0.1, 0.15) is 0 Å². The maximum Gasteiger partial charge on any atom is 0.151 e. The fraction of sp³-hybridized carbons (Fsp3) is 0.571. The zero-order valence-corrected chi connectivity index (χ0v) is 12.4. The van der Waals surface area contributed by atoms with Crippen LogP contribution in [0.15, 0.2) is 30.3 Å². The van der Waals surface area contributed by atoms with Crippen molar-refractivity contribution in [1.29, 1.82) is 0 Å². The van der Waals surface area contributed by atoms with Crippen LogP contribution in [0.4, 0.5) is 0 Å². The van der Waals surface area contributed by atoms with E-state index in [0.29, 0.717) is 6.42 Å². The van der Waals surface area contributed by atoms with Gasteiger partial charge in [0.2, 0.25) is 0 Å². The number of hydrogen-bond donors (Lipinski definition) is 2. The predicted molar refractivity (Wildman–Crippen MR) is 77.8 cm³/mol. The second-order valence-corrected chi connectivity index (χ2v) is 7.14. The van der Waals surface area contributed by atoms with Crippen molar-refractivity contribution in [1.82, 2.24) is 5.32 Å². The number of aliphatic hydroxyl groups excluding tert-OH is 1. The van der Waals surface area contributed by atoms with E-state index >= 15 is 0 Å². The number of sulfone groups is 1. The zero-order chi connectivity index (χ0) is 14.3. The smallest absolute Gasteiger partial charge is 0.151 e. The molecule has 1 aromatic carbocycles. The van der Waals surface area contributed by atoms with Crippen molar-refractivity contribution in [3.05, 3.63) is 35.9 Å². The van der Waals surface area contributed by atoms with Gasteiger partial charge >= 0.3 is 0 Å². The van der Waals surface area contributed by atoms with E-state index in [9.17, 15) is 8.42 Å². The molecule has 0 spiro atoms. The van der Waals surface area contributed by atoms with Crippen LogP contribution < -0.4 is 5.32 Å². The lowest BCUT2D eigenvalue weighted by Gasteiger charge is -2.23. The molecule has 0 saturated heterocycles. The number of aliphatic hydroxyl groups is 1. The molecular weight excluding hydrogens is 262 g/mol. The molecule has 0 radical (unpaired) electrons. The standard InChI is InChI=1S/C14H23NO3S/c1-3-19(17,18)11-12(2)15-14(9-10-16)13-7-5-4-6-8-13/h4-8,12,14-16H,3,9-11H2,1-2H3/t12?,14-/m1/s1. The molecule has 0 aromatic heterocycles. The van der Waals surface area contributed by atoms with Gasteiger partial charge in [0.25, 0.3) is 0 Å². The lowest BCUT2D eigenvalue weighted by atomic mass is 10.0. The van der Waals surface area contributed by atoms with Gasteiger partial charge in [-0.2, -0.15) is 0 Å². The Balaban J connectivity index is 2.69. The van der Waals surface area contributed by atoms with Crippen molar-refractivity contribution < 1.29 is 13.5 Å². The molecular formula is C14H23NO3S. The molecule has 0 bridgehead atoms. The summed E-state index contributed by atoms with van der Waals surface area (Å²) in [5, 5.41) is 12.4. The fourth-order valence-electron chi connectivity index (χ4n) is 2.05. The summed E-state index contributed by atoms with van der Waals surface area (Å²) in [6.45, 7) is 3.59. The molecule has 0 saturated carbocycles. The van der Waals surface area contributed by atoms with Crippen LogP contribution in [0.1, 0.15) is 31.9 Å². The second kappa shape index (κ2) is 7.62. The largest absolute Gasteiger partial charge is 0.396 e. The molecule has 1 aromatic rings. The van der Waals surface area contributed by atoms with E-state index in [-0.39, 0.29) is 30.2 Å². The molecule has 5 heteroatoms. The number of benzene rings is 1. The number of rotatable bonds is 8. The van der Waals surface area contributed by atoms with Gasteiger partial charge in [0, 0.05) is 24.4 Å². The number of hydrogen-bond acceptors (Lipinski definition) is 4. The molecule has 2 atom stereocenters. The van der Waals surface area contributed by atoms with Crippen LogP contribution in [-0.4, -0.2) is 37.7 Å². The van der Waals surface area contributed by atoms with Crippen LogP contribution in [0.3, 0.4) is 0 Å². The molecule has 0 aliphatic rings. The van der Waals surface area contributed by atoms with E-state index in [4.69, 9.17) is 5.11 Å². The SMILES string of the molecule is CCS(=O)(=O)CC(C)N[C@H](CCO)c1ccccc1. The third kappa shape index (κ3) is 5.72. The summed E-state index contributed by atoms with van der Waals surface area (Å²) in [5.74, 6) is 0.285. The molecule has 1 rings (SSSR count). The van der Waals surface area contributed by atoms with Crippen molar-refractivity contribution in [3.63, 3.8) is 0 Å². The highest BCUT2D eigenvalue weighted by molar-refractivity contribution is 7.91. The summed E-state index contributed by atoms with van der Waals surface area (Å²) in [7, 11) is -2.99. The summed E-state index contributed by atoms with van der Waals surface area (Å²) in [6, 6.07) is 9.62. The molecule has 19 heavy (non-hydrogen) atoms. The van der Waals surface area contributed by atoms with Gasteiger partial charge in [-0.15, -0.1) is 0 Å². The minimum atomic E-state index is -2.99. The van der Waals surface area contributed by atoms with Crippen LogP contribution in [0.2, 0.25) is 0 Å². The second-order valence-electron chi connectivity index (χ2n) is 4.74. The van der Waals surface area contributed by atoms with Crippen LogP contribution in [-0.2, 0) is 9.84 Å². The first kappa shape index (κ1) is 16.1. The van der Waals surface area contributed by atoms with Gasteiger partial charge in [0.05, 0.1) is 5.75 Å². The first-order valence-electron chi connectivity index (χ1n) is 6.60. The van der Waals surface area contributed by atoms with E-state index in [2.05, 4.69) is 5.32 Å². The Hall–Kier alpha value is -0.910. The maximum atomic E-state index is 11.6. The van der Waals surface area contributed by atoms with Crippen molar-refractivity contribution in [2.45, 2.75) is 32.4 Å². The van der Waals surface area contributed by atoms with Crippen LogP contribution in [0.5, 0.6) is 0 Å². The average Bonchev–Trinajstić information content (AvgIpc) is 2.38. The van der Waals surface area contributed by atoms with E-state index in [1.54, 1.807) is 6.92 Å². The molecule has 1 unspecified atom stereocenters. The minimum Gasteiger partial charge on any atom is -0.396 e. The molecule has 0 amide bonds. The Labute approximate surface area is 115 Å². The molecule has 0 aliphatic heterocycles. The fourth-order valence-corrected chi connectivity index (χ4v) is 3.14. The van der Waals surface area contributed by atoms with Crippen molar-refractivity contribution in [2.75, 3.05) is 18.1 Å². The lowest BCUT2D eigenvalue weighted by Crippen LogP contribution is -2.36. The van der Waals surface area contributed by atoms with Crippen LogP contribution in [0.25, 0.3) is 0 Å². The third-order valence-corrected chi connectivity index (χ3v) is 4.94. The normalized spacial score (nSPS) is 15.1. The van der Waals surface area contributed by atoms with E-state index in [0.717, 1.165) is 5.56 Å². The third-order valence-electron chi connectivity index (χ3n) is 3.05. The van der Waals surface area contributed by atoms with Crippen LogP contribution in [0, 0.1) is 0 Å². The molecule has 4 nitrogen and oxygen atoms in total. The summed E-state index contributed by atoms with van der Waals surface area (Å²) >= 11 is 0. The van der Waals surface area contributed by atoms with Crippen molar-refractivity contribution in [3.8, 4) is 0 Å². The van der Waals surface area contributed by atoms with Gasteiger partial charge in [-0.3, -0.25) is 0 Å². The van der Waals surface area contributed by atoms with Gasteiger partial charge in [0.15, 0.2) is 9.84 Å². The van der Waals surface area contributed by atoms with Crippen LogP contribution >= 0.6 is 0 Å². The predicted octanol–water partition coefficient (Wildman–Crippen LogP) is 1.52.